The van der Waals surface area contributed by atoms with Gasteiger partial charge in [-0.2, -0.15) is 0 Å². The molecule has 2 heterocycles. The van der Waals surface area contributed by atoms with Crippen molar-refractivity contribution in [3.05, 3.63) is 126 Å². The van der Waals surface area contributed by atoms with Crippen LogP contribution in [0.15, 0.2) is 115 Å². The lowest BCUT2D eigenvalue weighted by Gasteiger charge is -2.45. The molecule has 2 aliphatic rings. The molecule has 1 nitrogen and oxygen atoms in total. The molecule has 168 valence electrons. The number of anilines is 3. The zero-order valence-corrected chi connectivity index (χ0v) is 21.6. The largest absolute Gasteiger partial charge is 0.308 e. The third-order valence-electron chi connectivity index (χ3n) is 6.95. The molecule has 7 rings (SSSR count). The number of nitrogens with zero attached hydrogens (tertiary/aromatic N) is 1. The number of hydrogen-bond donors (Lipinski definition) is 0. The monoisotopic (exact) mass is 485 g/mol. The van der Waals surface area contributed by atoms with Gasteiger partial charge in [0.1, 0.15) is 0 Å². The summed E-state index contributed by atoms with van der Waals surface area (Å²) >= 11 is 0. The molecule has 0 aromatic heterocycles. The van der Waals surface area contributed by atoms with Crippen molar-refractivity contribution in [1.29, 1.82) is 0 Å². The molecule has 2 atom stereocenters. The average molecular weight is 486 g/mol. The number of rotatable bonds is 2. The molecular formula is C32H25NP2. The van der Waals surface area contributed by atoms with Gasteiger partial charge in [-0.1, -0.05) is 103 Å². The quantitative estimate of drug-likeness (QED) is 0.275. The Bertz CT molecular complexity index is 1460. The number of fused-ring (bicyclic) bond motifs is 4. The highest BCUT2D eigenvalue weighted by molar-refractivity contribution is 7.82. The molecule has 0 aliphatic carbocycles. The molecule has 35 heavy (non-hydrogen) atoms. The minimum atomic E-state index is -0.642. The van der Waals surface area contributed by atoms with Crippen LogP contribution in [-0.2, 0) is 0 Å². The van der Waals surface area contributed by atoms with E-state index in [4.69, 9.17) is 0 Å². The molecule has 0 bridgehead atoms. The van der Waals surface area contributed by atoms with Crippen LogP contribution in [0.2, 0.25) is 0 Å². The number of para-hydroxylation sites is 1. The molecule has 0 saturated carbocycles. The predicted octanol–water partition coefficient (Wildman–Crippen LogP) is 5.92. The summed E-state index contributed by atoms with van der Waals surface area (Å²) in [5.74, 6) is 0. The minimum absolute atomic E-state index is 0.642. The maximum atomic E-state index is 2.58. The maximum absolute atomic E-state index is 2.58. The second-order valence-corrected chi connectivity index (χ2v) is 13.6. The van der Waals surface area contributed by atoms with Gasteiger partial charge in [-0.3, -0.25) is 0 Å². The highest BCUT2D eigenvalue weighted by Crippen LogP contribution is 2.54. The second-order valence-electron chi connectivity index (χ2n) is 9.31. The summed E-state index contributed by atoms with van der Waals surface area (Å²) in [4.78, 5) is 2.58. The zero-order valence-electron chi connectivity index (χ0n) is 19.8. The van der Waals surface area contributed by atoms with E-state index < -0.39 is 15.8 Å². The van der Waals surface area contributed by atoms with Crippen LogP contribution < -0.4 is 36.7 Å². The Labute approximate surface area is 209 Å². The molecule has 0 N–H and O–H groups in total. The van der Waals surface area contributed by atoms with Crippen LogP contribution in [0.1, 0.15) is 11.1 Å². The first-order valence-corrected chi connectivity index (χ1v) is 14.7. The summed E-state index contributed by atoms with van der Waals surface area (Å²) in [5.41, 5.74) is 6.70. The third kappa shape index (κ3) is 3.23. The fraction of sp³-hybridized carbons (Fsp3) is 0.0625. The summed E-state index contributed by atoms with van der Waals surface area (Å²) in [6, 6.07) is 43.4. The van der Waals surface area contributed by atoms with Gasteiger partial charge in [0.25, 0.3) is 0 Å². The van der Waals surface area contributed by atoms with E-state index in [0.29, 0.717) is 0 Å². The normalized spacial score (nSPS) is 17.4. The molecule has 5 aromatic rings. The summed E-state index contributed by atoms with van der Waals surface area (Å²) in [6.07, 6.45) is 0. The van der Waals surface area contributed by atoms with E-state index in [9.17, 15) is 0 Å². The Morgan fingerprint density at radius 3 is 1.37 bits per heavy atom. The SMILES string of the molecule is Cc1ccc2c(c1)N1c3cc(C)ccc3P(c3ccccc3)c3cccc(c31)P2c1ccccc1. The molecule has 0 spiro atoms. The molecule has 5 aromatic carbocycles. The summed E-state index contributed by atoms with van der Waals surface area (Å²) in [6.45, 7) is 4.43. The Balaban J connectivity index is 1.60. The van der Waals surface area contributed by atoms with Crippen LogP contribution in [0.4, 0.5) is 17.1 Å². The van der Waals surface area contributed by atoms with Crippen LogP contribution in [0, 0.1) is 13.8 Å². The first-order valence-electron chi connectivity index (χ1n) is 12.1. The first kappa shape index (κ1) is 21.1. The van der Waals surface area contributed by atoms with Gasteiger partial charge < -0.3 is 4.90 Å². The van der Waals surface area contributed by atoms with Crippen molar-refractivity contribution in [2.24, 2.45) is 0 Å². The van der Waals surface area contributed by atoms with E-state index >= 15 is 0 Å². The third-order valence-corrected chi connectivity index (χ3v) is 12.0. The molecule has 0 amide bonds. The molecular weight excluding hydrogens is 460 g/mol. The van der Waals surface area contributed by atoms with Crippen molar-refractivity contribution in [2.75, 3.05) is 4.90 Å². The lowest BCUT2D eigenvalue weighted by atomic mass is 10.1. The van der Waals surface area contributed by atoms with Gasteiger partial charge in [-0.05, 0) is 63.6 Å². The molecule has 3 heteroatoms. The van der Waals surface area contributed by atoms with E-state index in [1.165, 1.54) is 60.0 Å². The lowest BCUT2D eigenvalue weighted by molar-refractivity contribution is 1.29. The number of hydrogen-bond acceptors (Lipinski definition) is 1. The van der Waals surface area contributed by atoms with Crippen LogP contribution in [0.3, 0.4) is 0 Å². The highest BCUT2D eigenvalue weighted by atomic mass is 31.1. The van der Waals surface area contributed by atoms with Gasteiger partial charge >= 0.3 is 0 Å². The Morgan fingerprint density at radius 2 is 0.914 bits per heavy atom. The van der Waals surface area contributed by atoms with E-state index in [1.54, 1.807) is 0 Å². The first-order chi connectivity index (χ1) is 17.2. The van der Waals surface area contributed by atoms with Crippen molar-refractivity contribution in [2.45, 2.75) is 13.8 Å². The van der Waals surface area contributed by atoms with Crippen LogP contribution >= 0.6 is 15.8 Å². The van der Waals surface area contributed by atoms with Gasteiger partial charge in [-0.25, -0.2) is 0 Å². The Kier molecular flexibility index (Phi) is 4.92. The zero-order chi connectivity index (χ0) is 23.5. The molecule has 0 saturated heterocycles. The minimum Gasteiger partial charge on any atom is -0.308 e. The molecule has 2 unspecified atom stereocenters. The maximum Gasteiger partial charge on any atom is 0.0629 e. The van der Waals surface area contributed by atoms with E-state index in [1.807, 2.05) is 0 Å². The summed E-state index contributed by atoms with van der Waals surface area (Å²) in [7, 11) is -1.28. The Morgan fingerprint density at radius 1 is 0.457 bits per heavy atom. The Hall–Kier alpha value is -3.24. The lowest BCUT2D eigenvalue weighted by Crippen LogP contribution is -2.43. The molecule has 0 radical (unpaired) electrons. The van der Waals surface area contributed by atoms with Gasteiger partial charge in [0, 0.05) is 21.2 Å². The van der Waals surface area contributed by atoms with E-state index in [2.05, 4.69) is 134 Å². The summed E-state index contributed by atoms with van der Waals surface area (Å²) < 4.78 is 0. The van der Waals surface area contributed by atoms with Crippen molar-refractivity contribution >= 4 is 64.7 Å². The fourth-order valence-corrected chi connectivity index (χ4v) is 10.7. The highest BCUT2D eigenvalue weighted by Gasteiger charge is 2.40. The second kappa shape index (κ2) is 8.17. The van der Waals surface area contributed by atoms with Gasteiger partial charge in [0.15, 0.2) is 0 Å². The van der Waals surface area contributed by atoms with Crippen LogP contribution in [0.5, 0.6) is 0 Å². The van der Waals surface area contributed by atoms with Crippen molar-refractivity contribution in [1.82, 2.24) is 0 Å². The van der Waals surface area contributed by atoms with Gasteiger partial charge in [0.2, 0.25) is 0 Å². The van der Waals surface area contributed by atoms with E-state index in [-0.39, 0.29) is 0 Å². The standard InChI is InChI=1S/C32H25NP2/c1-22-16-18-28-26(20-22)33-27-21-23(2)17-19-29(27)35(25-12-7-4-8-13-25)31-15-9-14-30(32(31)33)34(28)24-10-5-3-6-11-24/h3-21H,1-2H3. The summed E-state index contributed by atoms with van der Waals surface area (Å²) in [5, 5.41) is 8.66. The van der Waals surface area contributed by atoms with Gasteiger partial charge in [-0.15, -0.1) is 0 Å². The number of aryl methyl sites for hydroxylation is 2. The van der Waals surface area contributed by atoms with Crippen molar-refractivity contribution in [3.63, 3.8) is 0 Å². The van der Waals surface area contributed by atoms with Crippen molar-refractivity contribution < 1.29 is 0 Å². The number of benzene rings is 5. The molecule has 0 fully saturated rings. The predicted molar refractivity (Wildman–Crippen MR) is 155 cm³/mol. The fourth-order valence-electron chi connectivity index (χ4n) is 5.45. The molecule has 2 aliphatic heterocycles. The topological polar surface area (TPSA) is 3.24 Å². The van der Waals surface area contributed by atoms with Crippen molar-refractivity contribution in [3.8, 4) is 0 Å². The van der Waals surface area contributed by atoms with Crippen LogP contribution in [-0.4, -0.2) is 0 Å². The smallest absolute Gasteiger partial charge is 0.0629 e. The van der Waals surface area contributed by atoms with Crippen LogP contribution in [0.25, 0.3) is 0 Å². The average Bonchev–Trinajstić information content (AvgIpc) is 2.89. The van der Waals surface area contributed by atoms with E-state index in [0.717, 1.165) is 0 Å². The van der Waals surface area contributed by atoms with Gasteiger partial charge in [0.05, 0.1) is 17.1 Å².